The molecule has 0 radical (unpaired) electrons. The number of rotatable bonds is 0. The van der Waals surface area contributed by atoms with E-state index in [0.29, 0.717) is 17.9 Å². The number of aryl methyl sites for hydroxylation is 1. The molecule has 0 atom stereocenters. The Kier molecular flexibility index (Phi) is 1.49. The summed E-state index contributed by atoms with van der Waals surface area (Å²) in [6.45, 7) is 3.81. The van der Waals surface area contributed by atoms with Crippen molar-refractivity contribution in [3.05, 3.63) is 11.8 Å². The van der Waals surface area contributed by atoms with Crippen LogP contribution in [0.25, 0.3) is 0 Å². The molecular formula is C9H12N2O2. The molecule has 1 aliphatic rings. The lowest BCUT2D eigenvalue weighted by Crippen LogP contribution is -2.36. The van der Waals surface area contributed by atoms with E-state index in [1.165, 1.54) is 0 Å². The standard InChI is InChI=1S/C9H12N2O2/c1-9(2)4-7(12)6-5-10-11(3)8(6)13-9/h5H,4H2,1-3H3. The van der Waals surface area contributed by atoms with Crippen LogP contribution in [0.1, 0.15) is 30.6 Å². The molecule has 70 valence electrons. The summed E-state index contributed by atoms with van der Waals surface area (Å²) in [6.07, 6.45) is 1.98. The van der Waals surface area contributed by atoms with Gasteiger partial charge < -0.3 is 4.74 Å². The van der Waals surface area contributed by atoms with Crippen molar-refractivity contribution < 1.29 is 9.53 Å². The van der Waals surface area contributed by atoms with Crippen molar-refractivity contribution in [2.24, 2.45) is 7.05 Å². The first-order valence-electron chi connectivity index (χ1n) is 4.24. The third-order valence-electron chi connectivity index (χ3n) is 2.14. The molecule has 0 spiro atoms. The van der Waals surface area contributed by atoms with Gasteiger partial charge in [0.05, 0.1) is 18.2 Å². The number of Topliss-reactive ketones (excluding diaryl/α,β-unsaturated/α-hetero) is 1. The summed E-state index contributed by atoms with van der Waals surface area (Å²) < 4.78 is 7.23. The Morgan fingerprint density at radius 1 is 1.62 bits per heavy atom. The minimum Gasteiger partial charge on any atom is -0.471 e. The van der Waals surface area contributed by atoms with Gasteiger partial charge in [0.15, 0.2) is 5.78 Å². The molecule has 13 heavy (non-hydrogen) atoms. The van der Waals surface area contributed by atoms with Crippen LogP contribution in [0.4, 0.5) is 0 Å². The molecule has 0 saturated carbocycles. The largest absolute Gasteiger partial charge is 0.471 e. The van der Waals surface area contributed by atoms with Crippen LogP contribution < -0.4 is 4.74 Å². The molecule has 0 unspecified atom stereocenters. The van der Waals surface area contributed by atoms with Crippen LogP contribution in [0.15, 0.2) is 6.20 Å². The number of fused-ring (bicyclic) bond motifs is 1. The summed E-state index contributed by atoms with van der Waals surface area (Å²) >= 11 is 0. The first-order valence-corrected chi connectivity index (χ1v) is 4.24. The van der Waals surface area contributed by atoms with Gasteiger partial charge in [-0.3, -0.25) is 4.79 Å². The van der Waals surface area contributed by atoms with Gasteiger partial charge in [0, 0.05) is 7.05 Å². The topological polar surface area (TPSA) is 44.1 Å². The number of aromatic nitrogens is 2. The predicted molar refractivity (Wildman–Crippen MR) is 46.9 cm³/mol. The van der Waals surface area contributed by atoms with E-state index in [1.807, 2.05) is 13.8 Å². The molecule has 4 heteroatoms. The van der Waals surface area contributed by atoms with E-state index < -0.39 is 5.60 Å². The van der Waals surface area contributed by atoms with Gasteiger partial charge in [0.2, 0.25) is 5.88 Å². The number of ketones is 1. The van der Waals surface area contributed by atoms with Gasteiger partial charge in [-0.1, -0.05) is 0 Å². The third-order valence-corrected chi connectivity index (χ3v) is 2.14. The van der Waals surface area contributed by atoms with Gasteiger partial charge in [-0.25, -0.2) is 4.68 Å². The first kappa shape index (κ1) is 8.29. The van der Waals surface area contributed by atoms with Crippen LogP contribution in [0.2, 0.25) is 0 Å². The maximum Gasteiger partial charge on any atom is 0.223 e. The highest BCUT2D eigenvalue weighted by Crippen LogP contribution is 2.31. The molecular weight excluding hydrogens is 168 g/mol. The van der Waals surface area contributed by atoms with E-state index in [-0.39, 0.29) is 5.78 Å². The molecule has 0 aromatic carbocycles. The lowest BCUT2D eigenvalue weighted by atomic mass is 9.96. The van der Waals surface area contributed by atoms with Gasteiger partial charge in [0.25, 0.3) is 0 Å². The summed E-state index contributed by atoms with van der Waals surface area (Å²) in [5.74, 6) is 0.695. The molecule has 2 rings (SSSR count). The van der Waals surface area contributed by atoms with E-state index in [2.05, 4.69) is 5.10 Å². The highest BCUT2D eigenvalue weighted by Gasteiger charge is 2.34. The summed E-state index contributed by atoms with van der Waals surface area (Å²) in [6, 6.07) is 0. The lowest BCUT2D eigenvalue weighted by Gasteiger charge is -2.29. The van der Waals surface area contributed by atoms with Crippen LogP contribution in [0.5, 0.6) is 5.88 Å². The lowest BCUT2D eigenvalue weighted by molar-refractivity contribution is 0.0569. The Hall–Kier alpha value is -1.32. The van der Waals surface area contributed by atoms with Crippen LogP contribution in [0.3, 0.4) is 0 Å². The summed E-state index contributed by atoms with van der Waals surface area (Å²) in [5.41, 5.74) is 0.194. The molecule has 0 saturated heterocycles. The highest BCUT2D eigenvalue weighted by molar-refractivity contribution is 5.99. The average Bonchev–Trinajstić information content (AvgIpc) is 2.30. The maximum atomic E-state index is 11.6. The second kappa shape index (κ2) is 2.34. The van der Waals surface area contributed by atoms with E-state index in [9.17, 15) is 4.79 Å². The zero-order valence-electron chi connectivity index (χ0n) is 8.00. The smallest absolute Gasteiger partial charge is 0.223 e. The van der Waals surface area contributed by atoms with Gasteiger partial charge in [-0.05, 0) is 13.8 Å². The summed E-state index contributed by atoms with van der Waals surface area (Å²) in [4.78, 5) is 11.6. The molecule has 0 fully saturated rings. The molecule has 2 heterocycles. The number of ether oxygens (including phenoxy) is 1. The Bertz CT molecular complexity index is 366. The highest BCUT2D eigenvalue weighted by atomic mass is 16.5. The molecule has 0 N–H and O–H groups in total. The molecule has 4 nitrogen and oxygen atoms in total. The van der Waals surface area contributed by atoms with Crippen molar-refractivity contribution in [3.8, 4) is 5.88 Å². The molecule has 0 bridgehead atoms. The fourth-order valence-corrected chi connectivity index (χ4v) is 1.52. The zero-order chi connectivity index (χ0) is 9.64. The van der Waals surface area contributed by atoms with Crippen LogP contribution in [-0.4, -0.2) is 21.2 Å². The van der Waals surface area contributed by atoms with Gasteiger partial charge in [-0.2, -0.15) is 5.10 Å². The second-order valence-electron chi connectivity index (χ2n) is 3.95. The third kappa shape index (κ3) is 1.22. The fourth-order valence-electron chi connectivity index (χ4n) is 1.52. The van der Waals surface area contributed by atoms with E-state index >= 15 is 0 Å². The predicted octanol–water partition coefficient (Wildman–Crippen LogP) is 1.16. The first-order chi connectivity index (χ1) is 5.99. The van der Waals surface area contributed by atoms with E-state index in [1.54, 1.807) is 17.9 Å². The molecule has 1 aliphatic heterocycles. The Balaban J connectivity index is 2.51. The Labute approximate surface area is 76.5 Å². The monoisotopic (exact) mass is 180 g/mol. The van der Waals surface area contributed by atoms with E-state index in [0.717, 1.165) is 0 Å². The van der Waals surface area contributed by atoms with Crippen LogP contribution in [-0.2, 0) is 7.05 Å². The average molecular weight is 180 g/mol. The number of nitrogens with zero attached hydrogens (tertiary/aromatic N) is 2. The zero-order valence-corrected chi connectivity index (χ0v) is 8.00. The fraction of sp³-hybridized carbons (Fsp3) is 0.556. The van der Waals surface area contributed by atoms with E-state index in [4.69, 9.17) is 4.74 Å². The minimum absolute atomic E-state index is 0.111. The number of hydrogen-bond acceptors (Lipinski definition) is 3. The van der Waals surface area contributed by atoms with Crippen molar-refractivity contribution in [3.63, 3.8) is 0 Å². The maximum absolute atomic E-state index is 11.6. The molecule has 1 aromatic heterocycles. The second-order valence-corrected chi connectivity index (χ2v) is 3.95. The van der Waals surface area contributed by atoms with Crippen molar-refractivity contribution in [1.29, 1.82) is 0 Å². The molecule has 0 amide bonds. The summed E-state index contributed by atoms with van der Waals surface area (Å²) in [5, 5.41) is 3.99. The van der Waals surface area contributed by atoms with Gasteiger partial charge >= 0.3 is 0 Å². The minimum atomic E-state index is -0.405. The van der Waals surface area contributed by atoms with Crippen molar-refractivity contribution >= 4 is 5.78 Å². The van der Waals surface area contributed by atoms with Crippen molar-refractivity contribution in [2.75, 3.05) is 0 Å². The molecule has 1 aromatic rings. The Morgan fingerprint density at radius 3 is 3.00 bits per heavy atom. The molecule has 0 aliphatic carbocycles. The normalized spacial score (nSPS) is 19.5. The number of hydrogen-bond donors (Lipinski definition) is 0. The van der Waals surface area contributed by atoms with Crippen LogP contribution >= 0.6 is 0 Å². The quantitative estimate of drug-likeness (QED) is 0.601. The van der Waals surface area contributed by atoms with Crippen molar-refractivity contribution in [2.45, 2.75) is 25.9 Å². The van der Waals surface area contributed by atoms with Gasteiger partial charge in [-0.15, -0.1) is 0 Å². The van der Waals surface area contributed by atoms with Crippen LogP contribution in [0, 0.1) is 0 Å². The SMILES string of the molecule is Cn1ncc2c1OC(C)(C)CC2=O. The Morgan fingerprint density at radius 2 is 2.31 bits per heavy atom. The number of carbonyl (C=O) groups is 1. The summed E-state index contributed by atoms with van der Waals surface area (Å²) in [7, 11) is 1.77. The van der Waals surface area contributed by atoms with Crippen molar-refractivity contribution in [1.82, 2.24) is 9.78 Å². The number of carbonyl (C=O) groups excluding carboxylic acids is 1. The van der Waals surface area contributed by atoms with Gasteiger partial charge in [0.1, 0.15) is 5.60 Å².